The molecule has 0 N–H and O–H groups in total. The summed E-state index contributed by atoms with van der Waals surface area (Å²) in [5.74, 6) is 0.152. The number of hydrogen-bond acceptors (Lipinski definition) is 3. The number of para-hydroxylation sites is 2. The Labute approximate surface area is 171 Å². The standard InChI is InChI=1S/C24H28N4O/c1-18-6-4-5-14-27(18)21-13-15-26(16-21)24(29)19-9-11-20(12-10-19)28-17-25-22-7-2-3-8-23(22)28/h2-3,7-12,17-18,21H,4-6,13-16H2,1H3/t18?,21-/m0/s1. The molecule has 1 aromatic heterocycles. The van der Waals surface area contributed by atoms with Crippen LogP contribution in [0.1, 0.15) is 43.0 Å². The number of hydrogen-bond donors (Lipinski definition) is 0. The van der Waals surface area contributed by atoms with Gasteiger partial charge in [-0.1, -0.05) is 18.6 Å². The second-order valence-corrected chi connectivity index (χ2v) is 8.43. The third-order valence-corrected chi connectivity index (χ3v) is 6.62. The first-order valence-electron chi connectivity index (χ1n) is 10.8. The van der Waals surface area contributed by atoms with Gasteiger partial charge in [-0.05, 0) is 69.1 Å². The summed E-state index contributed by atoms with van der Waals surface area (Å²) in [6.45, 7) is 5.24. The Morgan fingerprint density at radius 2 is 1.83 bits per heavy atom. The zero-order valence-electron chi connectivity index (χ0n) is 17.0. The number of benzene rings is 2. The summed E-state index contributed by atoms with van der Waals surface area (Å²) in [5.41, 5.74) is 3.84. The van der Waals surface area contributed by atoms with Crippen LogP contribution in [-0.2, 0) is 0 Å². The molecule has 2 saturated heterocycles. The molecule has 1 unspecified atom stereocenters. The van der Waals surface area contributed by atoms with Crippen LogP contribution in [0.15, 0.2) is 54.9 Å². The predicted molar refractivity (Wildman–Crippen MR) is 115 cm³/mol. The Morgan fingerprint density at radius 3 is 2.66 bits per heavy atom. The molecule has 2 fully saturated rings. The molecule has 2 aliphatic rings. The second kappa shape index (κ2) is 7.64. The van der Waals surface area contributed by atoms with E-state index in [0.29, 0.717) is 12.1 Å². The lowest BCUT2D eigenvalue weighted by Crippen LogP contribution is -2.46. The minimum Gasteiger partial charge on any atom is -0.337 e. The van der Waals surface area contributed by atoms with Gasteiger partial charge >= 0.3 is 0 Å². The van der Waals surface area contributed by atoms with E-state index in [1.807, 2.05) is 53.7 Å². The van der Waals surface area contributed by atoms with Crippen LogP contribution in [0.4, 0.5) is 0 Å². The highest BCUT2D eigenvalue weighted by atomic mass is 16.2. The summed E-state index contributed by atoms with van der Waals surface area (Å²) in [6.07, 6.45) is 6.85. The number of aromatic nitrogens is 2. The fraction of sp³-hybridized carbons (Fsp3) is 0.417. The van der Waals surface area contributed by atoms with Gasteiger partial charge in [0, 0.05) is 36.4 Å². The number of piperidine rings is 1. The lowest BCUT2D eigenvalue weighted by Gasteiger charge is -2.37. The van der Waals surface area contributed by atoms with Crippen molar-refractivity contribution in [2.75, 3.05) is 19.6 Å². The van der Waals surface area contributed by atoms with Crippen LogP contribution >= 0.6 is 0 Å². The lowest BCUT2D eigenvalue weighted by atomic mass is 10.0. The molecule has 2 aliphatic heterocycles. The highest BCUT2D eigenvalue weighted by Crippen LogP contribution is 2.26. The Balaban J connectivity index is 1.30. The minimum absolute atomic E-state index is 0.152. The number of fused-ring (bicyclic) bond motifs is 1. The van der Waals surface area contributed by atoms with E-state index in [0.717, 1.165) is 41.8 Å². The van der Waals surface area contributed by atoms with Gasteiger partial charge in [0.1, 0.15) is 6.33 Å². The van der Waals surface area contributed by atoms with Gasteiger partial charge in [-0.2, -0.15) is 0 Å². The van der Waals surface area contributed by atoms with E-state index < -0.39 is 0 Å². The number of amides is 1. The van der Waals surface area contributed by atoms with Crippen molar-refractivity contribution in [1.82, 2.24) is 19.4 Å². The molecule has 3 heterocycles. The molecule has 0 bridgehead atoms. The number of nitrogens with zero attached hydrogens (tertiary/aromatic N) is 4. The molecule has 1 amide bonds. The number of carbonyl (C=O) groups excluding carboxylic acids is 1. The van der Waals surface area contributed by atoms with Crippen LogP contribution in [0, 0.1) is 0 Å². The summed E-state index contributed by atoms with van der Waals surface area (Å²) < 4.78 is 2.06. The van der Waals surface area contributed by atoms with Gasteiger partial charge in [-0.15, -0.1) is 0 Å². The fourth-order valence-corrected chi connectivity index (χ4v) is 4.97. The first kappa shape index (κ1) is 18.4. The molecular formula is C24H28N4O. The maximum absolute atomic E-state index is 13.1. The molecule has 29 heavy (non-hydrogen) atoms. The van der Waals surface area contributed by atoms with Gasteiger partial charge in [0.15, 0.2) is 0 Å². The summed E-state index contributed by atoms with van der Waals surface area (Å²) in [7, 11) is 0. The van der Waals surface area contributed by atoms with Crippen molar-refractivity contribution in [1.29, 1.82) is 0 Å². The average molecular weight is 389 g/mol. The van der Waals surface area contributed by atoms with Crippen molar-refractivity contribution in [2.24, 2.45) is 0 Å². The van der Waals surface area contributed by atoms with E-state index in [9.17, 15) is 4.79 Å². The topological polar surface area (TPSA) is 41.4 Å². The molecule has 2 atom stereocenters. The predicted octanol–water partition coefficient (Wildman–Crippen LogP) is 4.11. The number of likely N-dealkylation sites (tertiary alicyclic amines) is 2. The van der Waals surface area contributed by atoms with E-state index in [4.69, 9.17) is 0 Å². The largest absolute Gasteiger partial charge is 0.337 e. The van der Waals surface area contributed by atoms with Gasteiger partial charge in [-0.25, -0.2) is 4.98 Å². The van der Waals surface area contributed by atoms with Crippen molar-refractivity contribution in [3.63, 3.8) is 0 Å². The van der Waals surface area contributed by atoms with Gasteiger partial charge in [-0.3, -0.25) is 14.3 Å². The molecule has 0 radical (unpaired) electrons. The molecule has 2 aromatic carbocycles. The zero-order valence-corrected chi connectivity index (χ0v) is 17.0. The fourth-order valence-electron chi connectivity index (χ4n) is 4.97. The normalized spacial score (nSPS) is 23.0. The maximum Gasteiger partial charge on any atom is 0.253 e. The summed E-state index contributed by atoms with van der Waals surface area (Å²) in [6, 6.07) is 17.2. The van der Waals surface area contributed by atoms with Crippen LogP contribution in [0.5, 0.6) is 0 Å². The third kappa shape index (κ3) is 3.44. The average Bonchev–Trinajstić information content (AvgIpc) is 3.41. The molecule has 5 nitrogen and oxygen atoms in total. The number of rotatable bonds is 3. The second-order valence-electron chi connectivity index (χ2n) is 8.43. The number of carbonyl (C=O) groups is 1. The van der Waals surface area contributed by atoms with E-state index in [2.05, 4.69) is 27.4 Å². The summed E-state index contributed by atoms with van der Waals surface area (Å²) >= 11 is 0. The van der Waals surface area contributed by atoms with Gasteiger partial charge < -0.3 is 4.90 Å². The van der Waals surface area contributed by atoms with Crippen LogP contribution < -0.4 is 0 Å². The van der Waals surface area contributed by atoms with Crippen LogP contribution in [0.25, 0.3) is 16.7 Å². The first-order chi connectivity index (χ1) is 14.2. The van der Waals surface area contributed by atoms with Crippen LogP contribution in [-0.4, -0.2) is 57.0 Å². The highest BCUT2D eigenvalue weighted by molar-refractivity contribution is 5.94. The van der Waals surface area contributed by atoms with E-state index in [1.54, 1.807) is 0 Å². The minimum atomic E-state index is 0.152. The van der Waals surface area contributed by atoms with Gasteiger partial charge in [0.05, 0.1) is 11.0 Å². The molecular weight excluding hydrogens is 360 g/mol. The summed E-state index contributed by atoms with van der Waals surface area (Å²) in [5, 5.41) is 0. The zero-order chi connectivity index (χ0) is 19.8. The molecule has 0 aliphatic carbocycles. The molecule has 3 aromatic rings. The van der Waals surface area contributed by atoms with Crippen molar-refractivity contribution in [3.8, 4) is 5.69 Å². The van der Waals surface area contributed by atoms with Gasteiger partial charge in [0.25, 0.3) is 5.91 Å². The van der Waals surface area contributed by atoms with Crippen LogP contribution in [0.3, 0.4) is 0 Å². The highest BCUT2D eigenvalue weighted by Gasteiger charge is 2.33. The lowest BCUT2D eigenvalue weighted by molar-refractivity contribution is 0.0742. The smallest absolute Gasteiger partial charge is 0.253 e. The molecule has 150 valence electrons. The van der Waals surface area contributed by atoms with E-state index >= 15 is 0 Å². The molecule has 0 spiro atoms. The van der Waals surface area contributed by atoms with E-state index in [1.165, 1.54) is 25.8 Å². The van der Waals surface area contributed by atoms with E-state index in [-0.39, 0.29) is 5.91 Å². The molecule has 5 heteroatoms. The quantitative estimate of drug-likeness (QED) is 0.678. The Hall–Kier alpha value is -2.66. The van der Waals surface area contributed by atoms with Crippen molar-refractivity contribution >= 4 is 16.9 Å². The van der Waals surface area contributed by atoms with Gasteiger partial charge in [0.2, 0.25) is 0 Å². The monoisotopic (exact) mass is 388 g/mol. The Morgan fingerprint density at radius 1 is 1.00 bits per heavy atom. The Kier molecular flexibility index (Phi) is 4.84. The molecule has 0 saturated carbocycles. The van der Waals surface area contributed by atoms with Crippen molar-refractivity contribution < 1.29 is 4.79 Å². The number of imidazole rings is 1. The Bertz CT molecular complexity index is 1010. The SMILES string of the molecule is CC1CCCCN1[C@H]1CCN(C(=O)c2ccc(-n3cnc4ccccc43)cc2)C1. The third-order valence-electron chi connectivity index (χ3n) is 6.62. The van der Waals surface area contributed by atoms with Crippen LogP contribution in [0.2, 0.25) is 0 Å². The first-order valence-corrected chi connectivity index (χ1v) is 10.8. The molecule has 5 rings (SSSR count). The summed E-state index contributed by atoms with van der Waals surface area (Å²) in [4.78, 5) is 22.2. The van der Waals surface area contributed by atoms with Crippen molar-refractivity contribution in [2.45, 2.75) is 44.7 Å². The van der Waals surface area contributed by atoms with Crippen molar-refractivity contribution in [3.05, 3.63) is 60.4 Å². The maximum atomic E-state index is 13.1.